The molecular weight excluding hydrogens is 390 g/mol. The summed E-state index contributed by atoms with van der Waals surface area (Å²) in [6, 6.07) is 12.8. The molecule has 2 aromatic carbocycles. The number of imide groups is 1. The minimum atomic E-state index is -0.955. The SMILES string of the molecule is Cc1ccc2c(c1)S[C@@H]1C(=O)N(c3ccc(Br)cc3)C(=O)[C@@H]1[C@H]2O. The predicted octanol–water partition coefficient (Wildman–Crippen LogP) is 3.45. The molecule has 0 spiro atoms. The van der Waals surface area contributed by atoms with Crippen LogP contribution in [0.4, 0.5) is 5.69 Å². The Kier molecular flexibility index (Phi) is 3.78. The average molecular weight is 404 g/mol. The normalized spacial score (nSPS) is 25.6. The monoisotopic (exact) mass is 403 g/mol. The van der Waals surface area contributed by atoms with Crippen molar-refractivity contribution >= 4 is 45.2 Å². The summed E-state index contributed by atoms with van der Waals surface area (Å²) in [5, 5.41) is 10.1. The first kappa shape index (κ1) is 15.9. The van der Waals surface area contributed by atoms with Crippen LogP contribution in [0.5, 0.6) is 0 Å². The van der Waals surface area contributed by atoms with Crippen LogP contribution in [-0.4, -0.2) is 22.2 Å². The maximum absolute atomic E-state index is 12.8. The predicted molar refractivity (Wildman–Crippen MR) is 95.9 cm³/mol. The van der Waals surface area contributed by atoms with E-state index in [1.807, 2.05) is 25.1 Å². The molecule has 2 aliphatic heterocycles. The van der Waals surface area contributed by atoms with Crippen LogP contribution in [0.25, 0.3) is 0 Å². The lowest BCUT2D eigenvalue weighted by atomic mass is 9.92. The number of aryl methyl sites for hydroxylation is 1. The van der Waals surface area contributed by atoms with Gasteiger partial charge in [0.25, 0.3) is 0 Å². The number of nitrogens with zero attached hydrogens (tertiary/aromatic N) is 1. The summed E-state index contributed by atoms with van der Waals surface area (Å²) in [7, 11) is 0. The molecule has 2 aliphatic rings. The summed E-state index contributed by atoms with van der Waals surface area (Å²) in [6.07, 6.45) is -0.955. The Morgan fingerprint density at radius 1 is 1.08 bits per heavy atom. The summed E-state index contributed by atoms with van der Waals surface area (Å²) in [6.45, 7) is 1.97. The van der Waals surface area contributed by atoms with E-state index in [4.69, 9.17) is 0 Å². The first-order chi connectivity index (χ1) is 11.5. The number of amides is 2. The van der Waals surface area contributed by atoms with Crippen molar-refractivity contribution in [2.45, 2.75) is 23.2 Å². The molecule has 0 radical (unpaired) electrons. The molecule has 0 saturated carbocycles. The second kappa shape index (κ2) is 5.72. The molecule has 2 amide bonds. The van der Waals surface area contributed by atoms with Gasteiger partial charge in [0.05, 0.1) is 17.7 Å². The van der Waals surface area contributed by atoms with Crippen molar-refractivity contribution in [3.8, 4) is 0 Å². The van der Waals surface area contributed by atoms with Gasteiger partial charge in [0.1, 0.15) is 5.25 Å². The maximum Gasteiger partial charge on any atom is 0.248 e. The third kappa shape index (κ3) is 2.32. The van der Waals surface area contributed by atoms with Crippen LogP contribution >= 0.6 is 27.7 Å². The molecule has 0 bridgehead atoms. The lowest BCUT2D eigenvalue weighted by Crippen LogP contribution is -2.32. The number of carbonyl (C=O) groups is 2. The molecule has 1 N–H and O–H groups in total. The van der Waals surface area contributed by atoms with Crippen molar-refractivity contribution in [1.29, 1.82) is 0 Å². The highest BCUT2D eigenvalue weighted by Crippen LogP contribution is 2.49. The highest BCUT2D eigenvalue weighted by Gasteiger charge is 2.54. The van der Waals surface area contributed by atoms with E-state index in [0.717, 1.165) is 20.5 Å². The van der Waals surface area contributed by atoms with Gasteiger partial charge in [0.15, 0.2) is 0 Å². The fourth-order valence-corrected chi connectivity index (χ4v) is 4.99. The zero-order valence-corrected chi connectivity index (χ0v) is 15.2. The van der Waals surface area contributed by atoms with Crippen LogP contribution in [-0.2, 0) is 9.59 Å². The molecule has 4 rings (SSSR count). The van der Waals surface area contributed by atoms with Crippen LogP contribution in [0.3, 0.4) is 0 Å². The number of benzene rings is 2. The van der Waals surface area contributed by atoms with E-state index in [1.54, 1.807) is 24.3 Å². The minimum absolute atomic E-state index is 0.261. The molecule has 24 heavy (non-hydrogen) atoms. The quantitative estimate of drug-likeness (QED) is 0.740. The van der Waals surface area contributed by atoms with Gasteiger partial charge in [0, 0.05) is 9.37 Å². The molecule has 0 aromatic heterocycles. The highest BCUT2D eigenvalue weighted by atomic mass is 79.9. The van der Waals surface area contributed by atoms with Crippen molar-refractivity contribution in [3.05, 3.63) is 58.1 Å². The lowest BCUT2D eigenvalue weighted by molar-refractivity contribution is -0.124. The summed E-state index contributed by atoms with van der Waals surface area (Å²) in [5.74, 6) is -1.33. The van der Waals surface area contributed by atoms with Gasteiger partial charge in [-0.2, -0.15) is 0 Å². The van der Waals surface area contributed by atoms with E-state index >= 15 is 0 Å². The van der Waals surface area contributed by atoms with Crippen molar-refractivity contribution < 1.29 is 14.7 Å². The van der Waals surface area contributed by atoms with Gasteiger partial charge in [-0.3, -0.25) is 9.59 Å². The first-order valence-corrected chi connectivity index (χ1v) is 9.23. The smallest absolute Gasteiger partial charge is 0.248 e. The summed E-state index contributed by atoms with van der Waals surface area (Å²) < 4.78 is 0.875. The molecule has 1 fully saturated rings. The number of fused-ring (bicyclic) bond motifs is 2. The van der Waals surface area contributed by atoms with Crippen molar-refractivity contribution in [3.63, 3.8) is 0 Å². The first-order valence-electron chi connectivity index (χ1n) is 7.56. The average Bonchev–Trinajstić information content (AvgIpc) is 2.80. The van der Waals surface area contributed by atoms with Crippen LogP contribution in [0.1, 0.15) is 17.2 Å². The summed E-state index contributed by atoms with van der Waals surface area (Å²) in [5.41, 5.74) is 2.33. The van der Waals surface area contributed by atoms with E-state index in [-0.39, 0.29) is 11.8 Å². The van der Waals surface area contributed by atoms with Crippen LogP contribution in [0, 0.1) is 12.8 Å². The zero-order chi connectivity index (χ0) is 17.0. The Morgan fingerprint density at radius 2 is 1.79 bits per heavy atom. The lowest BCUT2D eigenvalue weighted by Gasteiger charge is -2.28. The summed E-state index contributed by atoms with van der Waals surface area (Å²) in [4.78, 5) is 27.8. The Labute approximate surface area is 152 Å². The van der Waals surface area contributed by atoms with Crippen molar-refractivity contribution in [2.75, 3.05) is 4.90 Å². The Hall–Kier alpha value is -1.63. The number of anilines is 1. The highest BCUT2D eigenvalue weighted by molar-refractivity contribution is 9.10. The third-order valence-corrected chi connectivity index (χ3v) is 6.35. The van der Waals surface area contributed by atoms with Crippen LogP contribution in [0.15, 0.2) is 51.8 Å². The number of aliphatic hydroxyl groups is 1. The van der Waals surface area contributed by atoms with Gasteiger partial charge in [-0.25, -0.2) is 4.90 Å². The maximum atomic E-state index is 12.8. The molecule has 0 aliphatic carbocycles. The van der Waals surface area contributed by atoms with Gasteiger partial charge >= 0.3 is 0 Å². The van der Waals surface area contributed by atoms with Gasteiger partial charge < -0.3 is 5.11 Å². The number of rotatable bonds is 1. The van der Waals surface area contributed by atoms with E-state index in [9.17, 15) is 14.7 Å². The topological polar surface area (TPSA) is 57.6 Å². The van der Waals surface area contributed by atoms with Gasteiger partial charge in [-0.05, 0) is 48.4 Å². The molecule has 2 heterocycles. The zero-order valence-electron chi connectivity index (χ0n) is 12.8. The second-order valence-electron chi connectivity index (χ2n) is 6.04. The van der Waals surface area contributed by atoms with E-state index < -0.39 is 17.3 Å². The molecule has 1 saturated heterocycles. The minimum Gasteiger partial charge on any atom is -0.387 e. The van der Waals surface area contributed by atoms with Crippen molar-refractivity contribution in [1.82, 2.24) is 0 Å². The molecule has 6 heteroatoms. The Morgan fingerprint density at radius 3 is 2.50 bits per heavy atom. The standard InChI is InChI=1S/C18H14BrNO3S/c1-9-2-7-12-13(8-9)24-16-14(15(12)21)17(22)20(18(16)23)11-5-3-10(19)4-6-11/h2-8,14-16,21H,1H3/t14-,15+,16+/m1/s1. The van der Waals surface area contributed by atoms with E-state index in [1.165, 1.54) is 16.7 Å². The number of carbonyl (C=O) groups excluding carboxylic acids is 2. The summed E-state index contributed by atoms with van der Waals surface area (Å²) >= 11 is 4.73. The number of thioether (sulfide) groups is 1. The van der Waals surface area contributed by atoms with Gasteiger partial charge in [-0.15, -0.1) is 11.8 Å². The van der Waals surface area contributed by atoms with E-state index in [2.05, 4.69) is 15.9 Å². The fourth-order valence-electron chi connectivity index (χ4n) is 3.26. The van der Waals surface area contributed by atoms with Crippen LogP contribution < -0.4 is 4.90 Å². The molecule has 3 atom stereocenters. The largest absolute Gasteiger partial charge is 0.387 e. The number of hydrogen-bond donors (Lipinski definition) is 1. The van der Waals surface area contributed by atoms with Crippen molar-refractivity contribution in [2.24, 2.45) is 5.92 Å². The molecule has 0 unspecified atom stereocenters. The number of halogens is 1. The van der Waals surface area contributed by atoms with Gasteiger partial charge in [0.2, 0.25) is 11.8 Å². The molecule has 2 aromatic rings. The second-order valence-corrected chi connectivity index (χ2v) is 8.14. The molecule has 122 valence electrons. The Balaban J connectivity index is 1.75. The fraction of sp³-hybridized carbons (Fsp3) is 0.222. The number of hydrogen-bond acceptors (Lipinski definition) is 4. The third-order valence-electron chi connectivity index (χ3n) is 4.46. The van der Waals surface area contributed by atoms with Crippen LogP contribution in [0.2, 0.25) is 0 Å². The number of aliphatic hydroxyl groups excluding tert-OH is 1. The molecular formula is C18H14BrNO3S. The van der Waals surface area contributed by atoms with Gasteiger partial charge in [-0.1, -0.05) is 28.1 Å². The molecule has 4 nitrogen and oxygen atoms in total. The van der Waals surface area contributed by atoms with E-state index in [0.29, 0.717) is 5.69 Å². The Bertz CT molecular complexity index is 852.